The van der Waals surface area contributed by atoms with Crippen LogP contribution in [0.25, 0.3) is 0 Å². The molecule has 6 heavy (non-hydrogen) atoms. The number of ether oxygens (including phenoxy) is 2. The molecular formula is C3H6O3. The Morgan fingerprint density at radius 1 is 2.17 bits per heavy atom. The molecule has 3 heteroatoms. The van der Waals surface area contributed by atoms with Gasteiger partial charge >= 0.3 is 0 Å². The van der Waals surface area contributed by atoms with E-state index in [4.69, 9.17) is 1.37 Å². The molecule has 0 aliphatic carbocycles. The van der Waals surface area contributed by atoms with Crippen LogP contribution in [0.1, 0.15) is 1.37 Å². The summed E-state index contributed by atoms with van der Waals surface area (Å²) in [6.45, 7) is -0.137. The number of methoxy groups -OCH3 is 1. The van der Waals surface area contributed by atoms with Gasteiger partial charge in [-0.3, -0.25) is 4.79 Å². The van der Waals surface area contributed by atoms with Gasteiger partial charge in [0, 0.05) is 7.11 Å². The van der Waals surface area contributed by atoms with Crippen molar-refractivity contribution >= 4 is 6.45 Å². The smallest absolute Gasteiger partial charge is 0.295 e. The zero-order chi connectivity index (χ0) is 5.70. The zero-order valence-corrected chi connectivity index (χ0v) is 3.43. The second-order valence-electron chi connectivity index (χ2n) is 0.634. The monoisotopic (exact) mass is 91.0 g/mol. The van der Waals surface area contributed by atoms with Gasteiger partial charge in [-0.1, -0.05) is 0 Å². The van der Waals surface area contributed by atoms with Crippen LogP contribution in [-0.4, -0.2) is 20.4 Å². The highest BCUT2D eigenvalue weighted by Crippen LogP contribution is 1.62. The van der Waals surface area contributed by atoms with Crippen molar-refractivity contribution in [1.82, 2.24) is 0 Å². The van der Waals surface area contributed by atoms with Crippen molar-refractivity contribution < 1.29 is 15.6 Å². The summed E-state index contributed by atoms with van der Waals surface area (Å²) in [4.78, 5) is 9.57. The Kier molecular flexibility index (Phi) is 2.67. The highest BCUT2D eigenvalue weighted by Gasteiger charge is 1.69. The van der Waals surface area contributed by atoms with E-state index in [1.54, 1.807) is 0 Å². The number of rotatable bonds is 2. The normalized spacial score (nSPS) is 9.83. The molecule has 0 saturated carbocycles. The van der Waals surface area contributed by atoms with Crippen LogP contribution in [0.15, 0.2) is 0 Å². The summed E-state index contributed by atoms with van der Waals surface area (Å²) in [6.07, 6.45) is -1.07. The molecule has 0 aliphatic rings. The molecule has 0 fully saturated rings. The van der Waals surface area contributed by atoms with Crippen molar-refractivity contribution in [3.8, 4) is 0 Å². The minimum Gasteiger partial charge on any atom is -0.441 e. The highest BCUT2D eigenvalue weighted by atomic mass is 16.7. The van der Waals surface area contributed by atoms with E-state index in [9.17, 15) is 4.79 Å². The molecule has 3 nitrogen and oxygen atoms in total. The SMILES string of the molecule is [2H]C(=O)OCOC. The maximum Gasteiger partial charge on any atom is 0.295 e. The third-order valence-electron chi connectivity index (χ3n) is 0.236. The predicted molar refractivity (Wildman–Crippen MR) is 19.0 cm³/mol. The average molecular weight is 91.1 g/mol. The first kappa shape index (κ1) is 3.61. The molecule has 0 rings (SSSR count). The molecule has 0 aromatic rings. The van der Waals surface area contributed by atoms with Crippen LogP contribution in [0.3, 0.4) is 0 Å². The second-order valence-corrected chi connectivity index (χ2v) is 0.634. The van der Waals surface area contributed by atoms with E-state index >= 15 is 0 Å². The van der Waals surface area contributed by atoms with Gasteiger partial charge < -0.3 is 9.47 Å². The second kappa shape index (κ2) is 4.43. The van der Waals surface area contributed by atoms with Gasteiger partial charge in [-0.15, -0.1) is 0 Å². The Hall–Kier alpha value is -0.570. The first-order valence-electron chi connectivity index (χ1n) is 1.89. The van der Waals surface area contributed by atoms with E-state index in [1.165, 1.54) is 7.11 Å². The van der Waals surface area contributed by atoms with E-state index in [2.05, 4.69) is 9.47 Å². The average Bonchev–Trinajstić information content (AvgIpc) is 1.61. The lowest BCUT2D eigenvalue weighted by Gasteiger charge is -1.89. The lowest BCUT2D eigenvalue weighted by Crippen LogP contribution is -1.91. The summed E-state index contributed by atoms with van der Waals surface area (Å²) in [6, 6.07) is 0. The standard InChI is InChI=1S/C3H6O3/c1-5-3-6-2-4/h2H,3H2,1H3/i2D. The molecule has 0 aromatic carbocycles. The Morgan fingerprint density at radius 3 is 3.00 bits per heavy atom. The molecule has 0 aliphatic heterocycles. The summed E-state index contributed by atoms with van der Waals surface area (Å²) < 4.78 is 14.4. The summed E-state index contributed by atoms with van der Waals surface area (Å²) >= 11 is 0. The van der Waals surface area contributed by atoms with Crippen LogP contribution < -0.4 is 0 Å². The number of carbonyl (C=O) groups is 1. The number of carbonyl (C=O) groups excluding carboxylic acids is 1. The zero-order valence-electron chi connectivity index (χ0n) is 4.43. The number of hydrogen-bond donors (Lipinski definition) is 0. The predicted octanol–water partition coefficient (Wildman–Crippen LogP) is -0.237. The van der Waals surface area contributed by atoms with Crippen molar-refractivity contribution in [2.24, 2.45) is 0 Å². The van der Waals surface area contributed by atoms with Crippen LogP contribution >= 0.6 is 0 Å². The molecule has 0 aromatic heterocycles. The van der Waals surface area contributed by atoms with Gasteiger partial charge in [-0.25, -0.2) is 0 Å². The first-order valence-corrected chi connectivity index (χ1v) is 1.39. The third kappa shape index (κ3) is 3.43. The molecular weight excluding hydrogens is 84.0 g/mol. The van der Waals surface area contributed by atoms with Gasteiger partial charge in [0.15, 0.2) is 8.16 Å². The molecule has 0 bridgehead atoms. The van der Waals surface area contributed by atoms with E-state index in [0.29, 0.717) is 0 Å². The Labute approximate surface area is 37.3 Å². The summed E-state index contributed by atoms with van der Waals surface area (Å²) in [7, 11) is 1.38. The molecule has 0 radical (unpaired) electrons. The Morgan fingerprint density at radius 2 is 2.83 bits per heavy atom. The summed E-state index contributed by atoms with van der Waals surface area (Å²) in [5, 5.41) is 0. The molecule has 0 unspecified atom stereocenters. The van der Waals surface area contributed by atoms with Gasteiger partial charge in [0.25, 0.3) is 6.45 Å². The molecule has 0 saturated heterocycles. The fourth-order valence-corrected chi connectivity index (χ4v) is 0.0830. The maximum absolute atomic E-state index is 9.57. The summed E-state index contributed by atoms with van der Waals surface area (Å²) in [5.74, 6) is 0. The van der Waals surface area contributed by atoms with Gasteiger partial charge in [0.1, 0.15) is 0 Å². The molecule has 36 valence electrons. The van der Waals surface area contributed by atoms with E-state index in [0.717, 1.165) is 0 Å². The van der Waals surface area contributed by atoms with Gasteiger partial charge in [-0.05, 0) is 0 Å². The van der Waals surface area contributed by atoms with Crippen molar-refractivity contribution in [3.63, 3.8) is 0 Å². The molecule has 0 amide bonds. The molecule has 0 N–H and O–H groups in total. The van der Waals surface area contributed by atoms with Crippen LogP contribution in [0.4, 0.5) is 0 Å². The topological polar surface area (TPSA) is 35.5 Å². The third-order valence-corrected chi connectivity index (χ3v) is 0.236. The fourth-order valence-electron chi connectivity index (χ4n) is 0.0830. The molecule has 0 heterocycles. The van der Waals surface area contributed by atoms with E-state index in [-0.39, 0.29) is 6.79 Å². The van der Waals surface area contributed by atoms with Crippen LogP contribution in [-0.2, 0) is 14.3 Å². The lowest BCUT2D eigenvalue weighted by atomic mass is 11.3. The van der Waals surface area contributed by atoms with Crippen molar-refractivity contribution in [2.75, 3.05) is 13.9 Å². The van der Waals surface area contributed by atoms with Crippen LogP contribution in [0.5, 0.6) is 0 Å². The van der Waals surface area contributed by atoms with Crippen molar-refractivity contribution in [2.45, 2.75) is 0 Å². The molecule has 0 spiro atoms. The fraction of sp³-hybridized carbons (Fsp3) is 0.667. The lowest BCUT2D eigenvalue weighted by molar-refractivity contribution is -0.138. The van der Waals surface area contributed by atoms with E-state index in [1.807, 2.05) is 0 Å². The summed E-state index contributed by atoms with van der Waals surface area (Å²) in [5.41, 5.74) is 0. The van der Waals surface area contributed by atoms with Crippen molar-refractivity contribution in [3.05, 3.63) is 0 Å². The quantitative estimate of drug-likeness (QED) is 0.347. The number of hydrogen-bond acceptors (Lipinski definition) is 3. The first-order chi connectivity index (χ1) is 3.27. The van der Waals surface area contributed by atoms with Crippen LogP contribution in [0, 0.1) is 0 Å². The minimum absolute atomic E-state index is 0.137. The van der Waals surface area contributed by atoms with Crippen LogP contribution in [0.2, 0.25) is 0 Å². The maximum atomic E-state index is 9.57. The molecule has 0 atom stereocenters. The van der Waals surface area contributed by atoms with Gasteiger partial charge in [0.05, 0.1) is 0 Å². The van der Waals surface area contributed by atoms with E-state index < -0.39 is 6.45 Å². The van der Waals surface area contributed by atoms with Gasteiger partial charge in [0.2, 0.25) is 0 Å². The highest BCUT2D eigenvalue weighted by molar-refractivity contribution is 5.36. The van der Waals surface area contributed by atoms with Gasteiger partial charge in [-0.2, -0.15) is 0 Å². The van der Waals surface area contributed by atoms with Crippen molar-refractivity contribution in [1.29, 1.82) is 0 Å². The Balaban J connectivity index is 2.82. The Bertz CT molecular complexity index is 63.2. The largest absolute Gasteiger partial charge is 0.441 e. The minimum atomic E-state index is -1.07.